The van der Waals surface area contributed by atoms with Gasteiger partial charge in [-0.15, -0.1) is 0 Å². The SMILES string of the molecule is CC1=NNC(=O)[C@H]1CCNC(=O)c1ccc2[nH]c(=S)oc2c1. The Morgan fingerprint density at radius 1 is 1.50 bits per heavy atom. The predicted molar refractivity (Wildman–Crippen MR) is 83.1 cm³/mol. The van der Waals surface area contributed by atoms with Gasteiger partial charge in [0.1, 0.15) is 0 Å². The van der Waals surface area contributed by atoms with E-state index in [1.54, 1.807) is 25.1 Å². The molecule has 0 unspecified atom stereocenters. The van der Waals surface area contributed by atoms with Gasteiger partial charge < -0.3 is 14.7 Å². The van der Waals surface area contributed by atoms with E-state index in [9.17, 15) is 9.59 Å². The third-order valence-electron chi connectivity index (χ3n) is 3.56. The van der Waals surface area contributed by atoms with Gasteiger partial charge in [0.25, 0.3) is 10.7 Å². The van der Waals surface area contributed by atoms with Crippen LogP contribution in [-0.2, 0) is 4.79 Å². The van der Waals surface area contributed by atoms with E-state index in [1.807, 2.05) is 0 Å². The molecule has 0 saturated carbocycles. The Balaban J connectivity index is 1.62. The molecule has 2 aromatic rings. The van der Waals surface area contributed by atoms with E-state index in [2.05, 4.69) is 20.8 Å². The summed E-state index contributed by atoms with van der Waals surface area (Å²) in [5.41, 5.74) is 4.93. The molecule has 1 aliphatic rings. The van der Waals surface area contributed by atoms with Crippen LogP contribution in [0.15, 0.2) is 27.7 Å². The largest absolute Gasteiger partial charge is 0.429 e. The first-order chi connectivity index (χ1) is 10.5. The monoisotopic (exact) mass is 318 g/mol. The van der Waals surface area contributed by atoms with Gasteiger partial charge in [-0.3, -0.25) is 9.59 Å². The number of hydrogen-bond acceptors (Lipinski definition) is 5. The summed E-state index contributed by atoms with van der Waals surface area (Å²) in [6.07, 6.45) is 0.514. The molecule has 7 nitrogen and oxygen atoms in total. The number of H-pyrrole nitrogens is 1. The zero-order chi connectivity index (χ0) is 15.7. The van der Waals surface area contributed by atoms with E-state index in [0.29, 0.717) is 24.1 Å². The molecule has 0 saturated heterocycles. The van der Waals surface area contributed by atoms with Crippen LogP contribution in [0.4, 0.5) is 0 Å². The number of aromatic amines is 1. The lowest BCUT2D eigenvalue weighted by Crippen LogP contribution is -2.30. The van der Waals surface area contributed by atoms with Crippen LogP contribution in [0.2, 0.25) is 0 Å². The fraction of sp³-hybridized carbons (Fsp3) is 0.286. The molecule has 1 aromatic carbocycles. The van der Waals surface area contributed by atoms with Gasteiger partial charge >= 0.3 is 0 Å². The van der Waals surface area contributed by atoms with Crippen LogP contribution >= 0.6 is 12.2 Å². The normalized spacial score (nSPS) is 17.4. The van der Waals surface area contributed by atoms with Gasteiger partial charge in [-0.1, -0.05) is 0 Å². The maximum absolute atomic E-state index is 12.1. The van der Waals surface area contributed by atoms with Crippen LogP contribution in [0.1, 0.15) is 23.7 Å². The number of rotatable bonds is 4. The maximum Gasteiger partial charge on any atom is 0.266 e. The van der Waals surface area contributed by atoms with Gasteiger partial charge in [0.2, 0.25) is 5.91 Å². The summed E-state index contributed by atoms with van der Waals surface area (Å²) in [6.45, 7) is 2.18. The first-order valence-corrected chi connectivity index (χ1v) is 7.20. The van der Waals surface area contributed by atoms with Crippen LogP contribution in [0.25, 0.3) is 11.1 Å². The van der Waals surface area contributed by atoms with E-state index >= 15 is 0 Å². The van der Waals surface area contributed by atoms with Crippen molar-refractivity contribution in [3.8, 4) is 0 Å². The number of amides is 2. The Hall–Kier alpha value is -2.48. The summed E-state index contributed by atoms with van der Waals surface area (Å²) in [5, 5.41) is 6.66. The van der Waals surface area contributed by atoms with Crippen molar-refractivity contribution in [3.63, 3.8) is 0 Å². The van der Waals surface area contributed by atoms with Crippen molar-refractivity contribution in [3.05, 3.63) is 28.6 Å². The molecule has 0 aliphatic carbocycles. The van der Waals surface area contributed by atoms with Gasteiger partial charge in [0, 0.05) is 17.8 Å². The van der Waals surface area contributed by atoms with E-state index in [0.717, 1.165) is 11.2 Å². The minimum absolute atomic E-state index is 0.128. The number of benzene rings is 1. The van der Waals surface area contributed by atoms with Crippen molar-refractivity contribution < 1.29 is 14.0 Å². The highest BCUT2D eigenvalue weighted by Crippen LogP contribution is 2.15. The summed E-state index contributed by atoms with van der Waals surface area (Å²) in [7, 11) is 0. The van der Waals surface area contributed by atoms with E-state index in [4.69, 9.17) is 16.6 Å². The molecule has 0 bridgehead atoms. The number of carbonyl (C=O) groups is 2. The molecular formula is C14H14N4O3S. The Kier molecular flexibility index (Phi) is 3.76. The molecule has 2 amide bonds. The van der Waals surface area contributed by atoms with Crippen LogP contribution in [0.5, 0.6) is 0 Å². The minimum Gasteiger partial charge on any atom is -0.429 e. The first-order valence-electron chi connectivity index (χ1n) is 6.80. The zero-order valence-electron chi connectivity index (χ0n) is 11.8. The Morgan fingerprint density at radius 3 is 3.05 bits per heavy atom. The number of nitrogens with zero attached hydrogens (tertiary/aromatic N) is 1. The number of hydrazone groups is 1. The van der Waals surface area contributed by atoms with Gasteiger partial charge in [-0.25, -0.2) is 5.43 Å². The Labute approximate surface area is 130 Å². The van der Waals surface area contributed by atoms with Crippen molar-refractivity contribution in [1.29, 1.82) is 0 Å². The number of aromatic nitrogens is 1. The number of fused-ring (bicyclic) bond motifs is 1. The van der Waals surface area contributed by atoms with E-state index < -0.39 is 0 Å². The molecule has 0 spiro atoms. The molecule has 3 N–H and O–H groups in total. The van der Waals surface area contributed by atoms with Crippen LogP contribution in [-0.4, -0.2) is 29.1 Å². The lowest BCUT2D eigenvalue weighted by atomic mass is 10.0. The molecular weight excluding hydrogens is 304 g/mol. The third kappa shape index (κ3) is 2.77. The zero-order valence-corrected chi connectivity index (χ0v) is 12.6. The lowest BCUT2D eigenvalue weighted by molar-refractivity contribution is -0.122. The number of nitrogens with one attached hydrogen (secondary N) is 3. The number of oxazole rings is 1. The van der Waals surface area contributed by atoms with Crippen molar-refractivity contribution in [2.75, 3.05) is 6.54 Å². The lowest BCUT2D eigenvalue weighted by Gasteiger charge is -2.09. The summed E-state index contributed by atoms with van der Waals surface area (Å²) < 4.78 is 5.28. The molecule has 22 heavy (non-hydrogen) atoms. The highest BCUT2D eigenvalue weighted by Gasteiger charge is 2.26. The smallest absolute Gasteiger partial charge is 0.266 e. The summed E-state index contributed by atoms with van der Waals surface area (Å²) in [5.74, 6) is -0.625. The highest BCUT2D eigenvalue weighted by atomic mass is 32.1. The maximum atomic E-state index is 12.1. The summed E-state index contributed by atoms with van der Waals surface area (Å²) >= 11 is 4.90. The predicted octanol–water partition coefficient (Wildman–Crippen LogP) is 1.73. The fourth-order valence-electron chi connectivity index (χ4n) is 2.35. The number of carbonyl (C=O) groups excluding carboxylic acids is 2. The number of hydrogen-bond donors (Lipinski definition) is 3. The van der Waals surface area contributed by atoms with Gasteiger partial charge in [-0.05, 0) is 43.8 Å². The average molecular weight is 318 g/mol. The molecule has 0 radical (unpaired) electrons. The van der Waals surface area contributed by atoms with Crippen LogP contribution < -0.4 is 10.7 Å². The van der Waals surface area contributed by atoms with Crippen molar-refractivity contribution in [2.45, 2.75) is 13.3 Å². The Morgan fingerprint density at radius 2 is 2.32 bits per heavy atom. The molecule has 1 aromatic heterocycles. The average Bonchev–Trinajstić information content (AvgIpc) is 3.01. The molecule has 1 atom stereocenters. The molecule has 8 heteroatoms. The molecule has 2 heterocycles. The van der Waals surface area contributed by atoms with Crippen LogP contribution in [0.3, 0.4) is 0 Å². The van der Waals surface area contributed by atoms with Gasteiger partial charge in [0.05, 0.1) is 11.4 Å². The topological polar surface area (TPSA) is 99.5 Å². The van der Waals surface area contributed by atoms with E-state index in [1.165, 1.54) is 0 Å². The van der Waals surface area contributed by atoms with Crippen molar-refractivity contribution in [2.24, 2.45) is 11.0 Å². The second-order valence-corrected chi connectivity index (χ2v) is 5.42. The molecule has 1 aliphatic heterocycles. The third-order valence-corrected chi connectivity index (χ3v) is 3.75. The fourth-order valence-corrected chi connectivity index (χ4v) is 2.55. The van der Waals surface area contributed by atoms with Gasteiger partial charge in [0.15, 0.2) is 5.58 Å². The van der Waals surface area contributed by atoms with E-state index in [-0.39, 0.29) is 22.6 Å². The van der Waals surface area contributed by atoms with Gasteiger partial charge in [-0.2, -0.15) is 5.10 Å². The minimum atomic E-state index is -0.273. The van der Waals surface area contributed by atoms with Crippen LogP contribution in [0, 0.1) is 10.8 Å². The molecule has 114 valence electrons. The molecule has 0 fully saturated rings. The highest BCUT2D eigenvalue weighted by molar-refractivity contribution is 7.71. The quantitative estimate of drug-likeness (QED) is 0.748. The second kappa shape index (κ2) is 5.72. The molecule has 3 rings (SSSR count). The standard InChI is InChI=1S/C14H14N4O3S/c1-7-9(13(20)18-17-7)4-5-15-12(19)8-2-3-10-11(6-8)21-14(22)16-10/h2-3,6,9H,4-5H2,1H3,(H,15,19)(H,16,22)(H,18,20)/t9-/m0/s1. The Bertz CT molecular complexity index is 836. The summed E-state index contributed by atoms with van der Waals surface area (Å²) in [4.78, 5) is 26.8. The van der Waals surface area contributed by atoms with Crippen molar-refractivity contribution >= 4 is 40.8 Å². The first kappa shape index (κ1) is 14.5. The summed E-state index contributed by atoms with van der Waals surface area (Å²) in [6, 6.07) is 5.06. The second-order valence-electron chi connectivity index (χ2n) is 5.05. The van der Waals surface area contributed by atoms with Crippen molar-refractivity contribution in [1.82, 2.24) is 15.7 Å².